The van der Waals surface area contributed by atoms with Gasteiger partial charge in [0.1, 0.15) is 12.5 Å². The minimum absolute atomic E-state index is 0.000733. The second kappa shape index (κ2) is 6.75. The van der Waals surface area contributed by atoms with Crippen LogP contribution in [0, 0.1) is 5.82 Å². The van der Waals surface area contributed by atoms with Crippen LogP contribution in [-0.4, -0.2) is 33.8 Å². The number of guanidine groups is 1. The normalized spacial score (nSPS) is 19.2. The van der Waals surface area contributed by atoms with Gasteiger partial charge in [0.2, 0.25) is 5.54 Å². The van der Waals surface area contributed by atoms with Gasteiger partial charge in [0.25, 0.3) is 5.91 Å². The molecule has 0 spiro atoms. The van der Waals surface area contributed by atoms with Crippen LogP contribution in [0.1, 0.15) is 17.0 Å². The zero-order valence-corrected chi connectivity index (χ0v) is 15.6. The van der Waals surface area contributed by atoms with E-state index in [-0.39, 0.29) is 22.9 Å². The lowest BCUT2D eigenvalue weighted by Crippen LogP contribution is -2.42. The molecule has 4 rings (SSSR count). The molecule has 0 aliphatic carbocycles. The number of hydrogen-bond donors (Lipinski definition) is 1. The van der Waals surface area contributed by atoms with Gasteiger partial charge < -0.3 is 5.73 Å². The molecule has 142 valence electrons. The van der Waals surface area contributed by atoms with Crippen LogP contribution in [0.3, 0.4) is 0 Å². The van der Waals surface area contributed by atoms with Gasteiger partial charge in [0, 0.05) is 18.8 Å². The fourth-order valence-corrected chi connectivity index (χ4v) is 3.81. The molecule has 0 bridgehead atoms. The van der Waals surface area contributed by atoms with E-state index in [9.17, 15) is 9.18 Å². The summed E-state index contributed by atoms with van der Waals surface area (Å²) in [6.45, 7) is -0.823. The summed E-state index contributed by atoms with van der Waals surface area (Å²) in [5.74, 6) is -1.27. The van der Waals surface area contributed by atoms with Gasteiger partial charge in [-0.15, -0.1) is 11.3 Å². The first-order valence-corrected chi connectivity index (χ1v) is 9.20. The van der Waals surface area contributed by atoms with E-state index < -0.39 is 23.9 Å². The van der Waals surface area contributed by atoms with Crippen LogP contribution in [0.15, 0.2) is 53.1 Å². The highest BCUT2D eigenvalue weighted by Crippen LogP contribution is 2.41. The number of nitrogens with two attached hydrogens (primary N) is 1. The number of alkyl halides is 1. The largest absolute Gasteiger partial charge is 0.369 e. The molecule has 3 aromatic rings. The van der Waals surface area contributed by atoms with Crippen molar-refractivity contribution in [2.75, 3.05) is 7.05 Å². The maximum atomic E-state index is 15.0. The number of halogens is 2. The van der Waals surface area contributed by atoms with E-state index in [1.165, 1.54) is 36.6 Å². The quantitative estimate of drug-likeness (QED) is 0.731. The molecule has 1 aromatic carbocycles. The lowest BCUT2D eigenvalue weighted by molar-refractivity contribution is -0.129. The Labute approximate surface area is 163 Å². The van der Waals surface area contributed by atoms with E-state index >= 15 is 4.39 Å². The molecule has 0 radical (unpaired) electrons. The second-order valence-electron chi connectivity index (χ2n) is 6.25. The molecule has 1 aliphatic rings. The summed E-state index contributed by atoms with van der Waals surface area (Å²) in [7, 11) is 1.45. The Balaban J connectivity index is 2.01. The first-order chi connectivity index (χ1) is 13.5. The van der Waals surface area contributed by atoms with E-state index in [0.29, 0.717) is 5.56 Å². The second-order valence-corrected chi connectivity index (χ2v) is 7.14. The van der Waals surface area contributed by atoms with Gasteiger partial charge in [-0.05, 0) is 29.8 Å². The van der Waals surface area contributed by atoms with Gasteiger partial charge in [-0.3, -0.25) is 19.7 Å². The van der Waals surface area contributed by atoms with Crippen LogP contribution >= 0.6 is 11.3 Å². The summed E-state index contributed by atoms with van der Waals surface area (Å²) >= 11 is 1.38. The average Bonchev–Trinajstić information content (AvgIpc) is 3.32. The number of carbonyl (C=O) groups is 1. The molecule has 3 heterocycles. The number of carbonyl (C=O) groups excluding carboxylic acids is 1. The lowest BCUT2D eigenvalue weighted by atomic mass is 9.84. The molecule has 2 N–H and O–H groups in total. The summed E-state index contributed by atoms with van der Waals surface area (Å²) in [4.78, 5) is 27.7. The van der Waals surface area contributed by atoms with Crippen molar-refractivity contribution in [1.82, 2.24) is 14.9 Å². The molecular weight excluding hydrogens is 384 g/mol. The molecule has 0 saturated carbocycles. The lowest BCUT2D eigenvalue weighted by Gasteiger charge is -2.26. The van der Waals surface area contributed by atoms with E-state index in [2.05, 4.69) is 15.0 Å². The van der Waals surface area contributed by atoms with Crippen molar-refractivity contribution in [2.45, 2.75) is 12.2 Å². The van der Waals surface area contributed by atoms with Gasteiger partial charge in [0.05, 0.1) is 21.8 Å². The molecule has 0 fully saturated rings. The van der Waals surface area contributed by atoms with Gasteiger partial charge in [-0.2, -0.15) is 0 Å². The predicted molar refractivity (Wildman–Crippen MR) is 102 cm³/mol. The van der Waals surface area contributed by atoms with Gasteiger partial charge in [-0.1, -0.05) is 12.1 Å². The third kappa shape index (κ3) is 2.66. The summed E-state index contributed by atoms with van der Waals surface area (Å²) in [5, 5.41) is 0. The maximum absolute atomic E-state index is 15.0. The molecule has 28 heavy (non-hydrogen) atoms. The molecule has 1 amide bonds. The van der Waals surface area contributed by atoms with E-state index in [4.69, 9.17) is 5.73 Å². The third-order valence-electron chi connectivity index (χ3n) is 4.63. The summed E-state index contributed by atoms with van der Waals surface area (Å²) < 4.78 is 28.2. The zero-order valence-electron chi connectivity index (χ0n) is 14.8. The number of hydrogen-bond acceptors (Lipinski definition) is 6. The maximum Gasteiger partial charge on any atom is 0.268 e. The van der Waals surface area contributed by atoms with Crippen LogP contribution in [-0.2, 0) is 17.0 Å². The van der Waals surface area contributed by atoms with Crippen molar-refractivity contribution in [3.63, 3.8) is 0 Å². The van der Waals surface area contributed by atoms with E-state index in [0.717, 1.165) is 9.78 Å². The molecule has 0 saturated heterocycles. The van der Waals surface area contributed by atoms with Crippen LogP contribution < -0.4 is 5.73 Å². The number of rotatable bonds is 4. The smallest absolute Gasteiger partial charge is 0.268 e. The number of nitrogens with zero attached hydrogens (tertiary/aromatic N) is 4. The number of thiazole rings is 1. The fourth-order valence-electron chi connectivity index (χ4n) is 3.19. The Hall–Kier alpha value is -3.20. The number of likely N-dealkylation sites (N-methyl/N-ethyl adjacent to an activating group) is 1. The van der Waals surface area contributed by atoms with Crippen molar-refractivity contribution in [1.29, 1.82) is 0 Å². The van der Waals surface area contributed by atoms with Crippen molar-refractivity contribution >= 4 is 23.2 Å². The van der Waals surface area contributed by atoms with Crippen molar-refractivity contribution in [2.24, 2.45) is 10.7 Å². The number of aliphatic imine (C=N–C) groups is 1. The van der Waals surface area contributed by atoms with Crippen molar-refractivity contribution in [3.8, 4) is 10.4 Å². The Morgan fingerprint density at radius 3 is 2.75 bits per heavy atom. The molecule has 1 aliphatic heterocycles. The predicted octanol–water partition coefficient (Wildman–Crippen LogP) is 2.84. The standard InChI is InChI=1S/C19H15F2N5OS/c1-26-17(27)19(25-18(26)22,16-4-2-3-12(8-20)24-16)13-7-11(5-6-14(13)21)15-9-23-10-28-15/h2-7,9-10H,8H2,1H3,(H2,22,25). The molecule has 2 aromatic heterocycles. The minimum Gasteiger partial charge on any atom is -0.369 e. The highest BCUT2D eigenvalue weighted by atomic mass is 32.1. The summed E-state index contributed by atoms with van der Waals surface area (Å²) in [6.07, 6.45) is 1.65. The van der Waals surface area contributed by atoms with Gasteiger partial charge >= 0.3 is 0 Å². The first-order valence-electron chi connectivity index (χ1n) is 8.32. The van der Waals surface area contributed by atoms with E-state index in [1.807, 2.05) is 0 Å². The zero-order chi connectivity index (χ0) is 19.9. The topological polar surface area (TPSA) is 84.5 Å². The molecular formula is C19H15F2N5OS. The highest BCUT2D eigenvalue weighted by Gasteiger charge is 2.52. The SMILES string of the molecule is CN1C(=O)C(c2cccc(CF)n2)(c2cc(-c3cncs3)ccc2F)N=C1N. The van der Waals surface area contributed by atoms with Crippen LogP contribution in [0.4, 0.5) is 8.78 Å². The average molecular weight is 399 g/mol. The summed E-state index contributed by atoms with van der Waals surface area (Å²) in [6, 6.07) is 8.97. The fraction of sp³-hybridized carbons (Fsp3) is 0.158. The molecule has 9 heteroatoms. The number of aromatic nitrogens is 2. The van der Waals surface area contributed by atoms with Crippen LogP contribution in [0.2, 0.25) is 0 Å². The Bertz CT molecular complexity index is 1090. The highest BCUT2D eigenvalue weighted by molar-refractivity contribution is 7.13. The number of benzene rings is 1. The monoisotopic (exact) mass is 399 g/mol. The van der Waals surface area contributed by atoms with Gasteiger partial charge in [-0.25, -0.2) is 13.8 Å². The van der Waals surface area contributed by atoms with Crippen molar-refractivity contribution in [3.05, 3.63) is 70.9 Å². The summed E-state index contributed by atoms with van der Waals surface area (Å²) in [5.41, 5.74) is 6.63. The van der Waals surface area contributed by atoms with Crippen LogP contribution in [0.5, 0.6) is 0 Å². The Morgan fingerprint density at radius 2 is 2.11 bits per heavy atom. The first kappa shape index (κ1) is 18.2. The van der Waals surface area contributed by atoms with Crippen molar-refractivity contribution < 1.29 is 13.6 Å². The third-order valence-corrected chi connectivity index (χ3v) is 5.45. The Morgan fingerprint density at radius 1 is 1.29 bits per heavy atom. The molecule has 1 atom stereocenters. The number of amides is 1. The van der Waals surface area contributed by atoms with Crippen LogP contribution in [0.25, 0.3) is 10.4 Å². The Kier molecular flexibility index (Phi) is 4.38. The van der Waals surface area contributed by atoms with E-state index in [1.54, 1.807) is 29.9 Å². The minimum atomic E-state index is -1.82. The molecule has 6 nitrogen and oxygen atoms in total. The number of pyridine rings is 1. The molecule has 1 unspecified atom stereocenters. The van der Waals surface area contributed by atoms with Gasteiger partial charge in [0.15, 0.2) is 5.96 Å².